The van der Waals surface area contributed by atoms with E-state index in [1.165, 1.54) is 23.1 Å². The molecule has 1 aliphatic heterocycles. The fraction of sp³-hybridized carbons (Fsp3) is 0.364. The van der Waals surface area contributed by atoms with Gasteiger partial charge in [-0.1, -0.05) is 45.9 Å². The molecule has 0 aromatic heterocycles. The fourth-order valence-electron chi connectivity index (χ4n) is 3.42. The van der Waals surface area contributed by atoms with Crippen molar-refractivity contribution in [2.24, 2.45) is 5.92 Å². The minimum atomic E-state index is -0.769. The molecule has 1 unspecified atom stereocenters. The molecule has 8 heteroatoms. The van der Waals surface area contributed by atoms with Crippen molar-refractivity contribution in [3.8, 4) is 5.75 Å². The normalized spacial score (nSPS) is 15.7. The van der Waals surface area contributed by atoms with Crippen LogP contribution in [0, 0.1) is 16.0 Å². The first kappa shape index (κ1) is 21.3. The van der Waals surface area contributed by atoms with Crippen molar-refractivity contribution in [2.75, 3.05) is 16.8 Å². The number of amides is 2. The Labute approximate surface area is 175 Å². The number of ether oxygens (including phenoxy) is 1. The largest absolute Gasteiger partial charge is 0.478 e. The molecule has 2 aromatic carbocycles. The number of fused-ring (bicyclic) bond motifs is 1. The summed E-state index contributed by atoms with van der Waals surface area (Å²) >= 11 is 0. The lowest BCUT2D eigenvalue weighted by molar-refractivity contribution is -0.384. The third-order valence-electron chi connectivity index (χ3n) is 4.97. The van der Waals surface area contributed by atoms with Gasteiger partial charge in [-0.25, -0.2) is 0 Å². The SMILES string of the molecule is CC(C)c1ccccc1NC(=O)CN1C(=O)C(C(C)C)Oc2ccc([N+](=O)[O-])cc21. The van der Waals surface area contributed by atoms with Crippen LogP contribution in [0.3, 0.4) is 0 Å². The molecule has 1 atom stereocenters. The molecule has 0 spiro atoms. The smallest absolute Gasteiger partial charge is 0.271 e. The molecule has 1 aliphatic rings. The van der Waals surface area contributed by atoms with Gasteiger partial charge < -0.3 is 10.1 Å². The van der Waals surface area contributed by atoms with E-state index in [4.69, 9.17) is 4.74 Å². The molecule has 1 heterocycles. The maximum Gasteiger partial charge on any atom is 0.271 e. The van der Waals surface area contributed by atoms with Crippen molar-refractivity contribution >= 4 is 28.9 Å². The Morgan fingerprint density at radius 1 is 1.20 bits per heavy atom. The Kier molecular flexibility index (Phi) is 6.05. The van der Waals surface area contributed by atoms with Gasteiger partial charge >= 0.3 is 0 Å². The van der Waals surface area contributed by atoms with Crippen LogP contribution < -0.4 is 15.0 Å². The molecule has 1 N–H and O–H groups in total. The van der Waals surface area contributed by atoms with Gasteiger partial charge in [-0.05, 0) is 29.5 Å². The number of carbonyl (C=O) groups is 2. The molecule has 0 fully saturated rings. The van der Waals surface area contributed by atoms with Crippen LogP contribution >= 0.6 is 0 Å². The number of nitrogens with zero attached hydrogens (tertiary/aromatic N) is 2. The predicted molar refractivity (Wildman–Crippen MR) is 114 cm³/mol. The molecule has 0 saturated heterocycles. The summed E-state index contributed by atoms with van der Waals surface area (Å²) in [6.45, 7) is 7.47. The molecule has 2 amide bonds. The zero-order valence-electron chi connectivity index (χ0n) is 17.4. The van der Waals surface area contributed by atoms with Gasteiger partial charge in [0.15, 0.2) is 6.10 Å². The van der Waals surface area contributed by atoms with E-state index >= 15 is 0 Å². The summed E-state index contributed by atoms with van der Waals surface area (Å²) in [7, 11) is 0. The van der Waals surface area contributed by atoms with Crippen LogP contribution in [0.4, 0.5) is 17.1 Å². The number of nitrogens with one attached hydrogen (secondary N) is 1. The van der Waals surface area contributed by atoms with E-state index in [1.54, 1.807) is 0 Å². The van der Waals surface area contributed by atoms with Gasteiger partial charge in [0.25, 0.3) is 11.6 Å². The van der Waals surface area contributed by atoms with Crippen molar-refractivity contribution in [2.45, 2.75) is 39.7 Å². The summed E-state index contributed by atoms with van der Waals surface area (Å²) < 4.78 is 5.78. The van der Waals surface area contributed by atoms with Gasteiger partial charge in [-0.3, -0.25) is 24.6 Å². The number of carbonyl (C=O) groups excluding carboxylic acids is 2. The van der Waals surface area contributed by atoms with E-state index in [1.807, 2.05) is 52.0 Å². The molecule has 2 aromatic rings. The standard InChI is InChI=1S/C22H25N3O5/c1-13(2)16-7-5-6-8-17(16)23-20(26)12-24-18-11-15(25(28)29)9-10-19(18)30-21(14(3)4)22(24)27/h5-11,13-14,21H,12H2,1-4H3,(H,23,26). The third-order valence-corrected chi connectivity index (χ3v) is 4.97. The van der Waals surface area contributed by atoms with E-state index < -0.39 is 22.8 Å². The van der Waals surface area contributed by atoms with E-state index in [0.29, 0.717) is 11.4 Å². The number of para-hydroxylation sites is 1. The van der Waals surface area contributed by atoms with Gasteiger partial charge in [-0.2, -0.15) is 0 Å². The van der Waals surface area contributed by atoms with Crippen LogP contribution in [-0.4, -0.2) is 29.4 Å². The minimum absolute atomic E-state index is 0.131. The van der Waals surface area contributed by atoms with Crippen molar-refractivity contribution in [3.63, 3.8) is 0 Å². The highest BCUT2D eigenvalue weighted by Gasteiger charge is 2.38. The first-order valence-corrected chi connectivity index (χ1v) is 9.84. The van der Waals surface area contributed by atoms with Crippen LogP contribution in [0.15, 0.2) is 42.5 Å². The van der Waals surface area contributed by atoms with Crippen LogP contribution in [0.1, 0.15) is 39.2 Å². The predicted octanol–water partition coefficient (Wildman–Crippen LogP) is 4.11. The highest BCUT2D eigenvalue weighted by molar-refractivity contribution is 6.06. The Balaban J connectivity index is 1.92. The van der Waals surface area contributed by atoms with Crippen molar-refractivity contribution in [1.82, 2.24) is 0 Å². The minimum Gasteiger partial charge on any atom is -0.478 e. The number of rotatable bonds is 6. The number of hydrogen-bond acceptors (Lipinski definition) is 5. The lowest BCUT2D eigenvalue weighted by atomic mass is 10.0. The molecule has 0 saturated carbocycles. The Morgan fingerprint density at radius 2 is 1.90 bits per heavy atom. The van der Waals surface area contributed by atoms with Crippen LogP contribution in [0.2, 0.25) is 0 Å². The Bertz CT molecular complexity index is 986. The van der Waals surface area contributed by atoms with Gasteiger partial charge in [-0.15, -0.1) is 0 Å². The number of anilines is 2. The number of nitro groups is 1. The number of nitro benzene ring substituents is 1. The summed E-state index contributed by atoms with van der Waals surface area (Å²) in [5.41, 5.74) is 1.70. The second-order valence-electron chi connectivity index (χ2n) is 7.91. The molecule has 0 radical (unpaired) electrons. The summed E-state index contributed by atoms with van der Waals surface area (Å²) in [5.74, 6) is -0.369. The number of non-ortho nitro benzene ring substituents is 1. The molecule has 0 bridgehead atoms. The molecule has 0 aliphatic carbocycles. The molecule has 158 valence electrons. The quantitative estimate of drug-likeness (QED) is 0.569. The molecular formula is C22H25N3O5. The van der Waals surface area contributed by atoms with Gasteiger partial charge in [0, 0.05) is 17.8 Å². The summed E-state index contributed by atoms with van der Waals surface area (Å²) in [4.78, 5) is 37.8. The number of benzene rings is 2. The first-order chi connectivity index (χ1) is 14.2. The van der Waals surface area contributed by atoms with E-state index in [9.17, 15) is 19.7 Å². The van der Waals surface area contributed by atoms with Crippen LogP contribution in [0.5, 0.6) is 5.75 Å². The lowest BCUT2D eigenvalue weighted by Gasteiger charge is -2.35. The first-order valence-electron chi connectivity index (χ1n) is 9.84. The van der Waals surface area contributed by atoms with E-state index in [-0.39, 0.29) is 29.8 Å². The average molecular weight is 411 g/mol. The van der Waals surface area contributed by atoms with Crippen molar-refractivity contribution < 1.29 is 19.2 Å². The van der Waals surface area contributed by atoms with Gasteiger partial charge in [0.05, 0.1) is 10.6 Å². The highest BCUT2D eigenvalue weighted by atomic mass is 16.6. The van der Waals surface area contributed by atoms with Crippen LogP contribution in [0.25, 0.3) is 0 Å². The third kappa shape index (κ3) is 4.27. The lowest BCUT2D eigenvalue weighted by Crippen LogP contribution is -2.50. The molecule has 3 rings (SSSR count). The van der Waals surface area contributed by atoms with E-state index in [2.05, 4.69) is 5.32 Å². The maximum absolute atomic E-state index is 13.0. The number of hydrogen-bond donors (Lipinski definition) is 1. The van der Waals surface area contributed by atoms with Gasteiger partial charge in [0.2, 0.25) is 5.91 Å². The molecular weight excluding hydrogens is 386 g/mol. The second-order valence-corrected chi connectivity index (χ2v) is 7.91. The van der Waals surface area contributed by atoms with Crippen LogP contribution in [-0.2, 0) is 9.59 Å². The summed E-state index contributed by atoms with van der Waals surface area (Å²) in [6.07, 6.45) is -0.769. The molecule has 30 heavy (non-hydrogen) atoms. The maximum atomic E-state index is 13.0. The molecule has 8 nitrogen and oxygen atoms in total. The highest BCUT2D eigenvalue weighted by Crippen LogP contribution is 2.38. The zero-order valence-corrected chi connectivity index (χ0v) is 17.4. The monoisotopic (exact) mass is 411 g/mol. The van der Waals surface area contributed by atoms with Crippen molar-refractivity contribution in [1.29, 1.82) is 0 Å². The van der Waals surface area contributed by atoms with E-state index in [0.717, 1.165) is 5.56 Å². The van der Waals surface area contributed by atoms with Crippen molar-refractivity contribution in [3.05, 3.63) is 58.1 Å². The fourth-order valence-corrected chi connectivity index (χ4v) is 3.42. The summed E-state index contributed by atoms with van der Waals surface area (Å²) in [5, 5.41) is 14.1. The van der Waals surface area contributed by atoms with Gasteiger partial charge in [0.1, 0.15) is 12.3 Å². The summed E-state index contributed by atoms with van der Waals surface area (Å²) in [6, 6.07) is 11.5. The topological polar surface area (TPSA) is 102 Å². The zero-order chi connectivity index (χ0) is 22.0. The Morgan fingerprint density at radius 3 is 2.53 bits per heavy atom. The second kappa shape index (κ2) is 8.52. The Hall–Kier alpha value is -3.42. The average Bonchev–Trinajstić information content (AvgIpc) is 2.69.